The number of carbonyl (C=O) groups excluding carboxylic acids is 1. The molecular formula is C47H51N9O9S2. The van der Waals surface area contributed by atoms with Gasteiger partial charge in [-0.2, -0.15) is 9.10 Å². The Balaban J connectivity index is 1.32. The molecule has 2 heterocycles. The molecule has 3 N–H and O–H groups in total. The van der Waals surface area contributed by atoms with Crippen molar-refractivity contribution in [3.8, 4) is 28.6 Å². The molecule has 0 saturated heterocycles. The number of methoxy groups -OCH3 is 3. The number of guanidine groups is 1. The van der Waals surface area contributed by atoms with Crippen molar-refractivity contribution in [1.29, 1.82) is 0 Å². The second kappa shape index (κ2) is 18.8. The number of amides is 1. The van der Waals surface area contributed by atoms with Crippen molar-refractivity contribution >= 4 is 37.6 Å². The zero-order valence-electron chi connectivity index (χ0n) is 37.8. The van der Waals surface area contributed by atoms with E-state index in [1.807, 2.05) is 12.1 Å². The quantitative estimate of drug-likeness (QED) is 0.117. The second-order valence-corrected chi connectivity index (χ2v) is 21.3. The first-order chi connectivity index (χ1) is 31.9. The van der Waals surface area contributed by atoms with Gasteiger partial charge in [-0.15, -0.1) is 10.2 Å². The molecule has 20 heteroatoms. The summed E-state index contributed by atoms with van der Waals surface area (Å²) >= 11 is 0. The molecular weight excluding hydrogens is 899 g/mol. The van der Waals surface area contributed by atoms with Crippen molar-refractivity contribution < 1.29 is 40.6 Å². The van der Waals surface area contributed by atoms with E-state index in [1.165, 1.54) is 29.4 Å². The normalized spacial score (nSPS) is 18.0. The average Bonchev–Trinajstić information content (AvgIpc) is 3.92. The molecule has 67 heavy (non-hydrogen) atoms. The van der Waals surface area contributed by atoms with Gasteiger partial charge in [0.15, 0.2) is 9.84 Å². The molecule has 1 amide bonds. The minimum Gasteiger partial charge on any atom is -0.497 e. The SMILES string of the molecule is COc1ccc(CN(Cc2ccc(OC)cc2)S(=O)(=O)c2c(S(=O)(=O)C3CC(NC(=O)OC(C)(C)C)C3)ccc(C3C=CC=C4N=C(N)N=C43)c2-c2nnn(Cc3ccc(OC)cc3)n2)cc1. The fourth-order valence-corrected chi connectivity index (χ4v) is 12.3. The summed E-state index contributed by atoms with van der Waals surface area (Å²) in [6.07, 6.45) is 4.61. The summed E-state index contributed by atoms with van der Waals surface area (Å²) in [4.78, 5) is 21.9. The average molecular weight is 950 g/mol. The number of aliphatic imine (C=N–C) groups is 2. The van der Waals surface area contributed by atoms with Gasteiger partial charge in [-0.3, -0.25) is 0 Å². The maximum absolute atomic E-state index is 16.1. The van der Waals surface area contributed by atoms with Gasteiger partial charge in [0, 0.05) is 30.6 Å². The molecule has 1 aromatic heterocycles. The number of fused-ring (bicyclic) bond motifs is 1. The lowest BCUT2D eigenvalue weighted by atomic mass is 9.86. The Morgan fingerprint density at radius 1 is 0.806 bits per heavy atom. The highest BCUT2D eigenvalue weighted by molar-refractivity contribution is 7.94. The van der Waals surface area contributed by atoms with E-state index in [9.17, 15) is 4.79 Å². The third-order valence-corrected chi connectivity index (χ3v) is 15.7. The van der Waals surface area contributed by atoms with Gasteiger partial charge in [-0.1, -0.05) is 54.6 Å². The van der Waals surface area contributed by atoms with Crippen LogP contribution < -0.4 is 25.3 Å². The van der Waals surface area contributed by atoms with Crippen LogP contribution in [0.3, 0.4) is 0 Å². The van der Waals surface area contributed by atoms with Crippen molar-refractivity contribution in [2.75, 3.05) is 21.3 Å². The van der Waals surface area contributed by atoms with Crippen LogP contribution in [0.15, 0.2) is 129 Å². The Morgan fingerprint density at radius 2 is 1.37 bits per heavy atom. The first-order valence-corrected chi connectivity index (χ1v) is 24.3. The summed E-state index contributed by atoms with van der Waals surface area (Å²) in [5.41, 5.74) is 8.44. The van der Waals surface area contributed by atoms with Crippen LogP contribution in [-0.4, -0.2) is 97.3 Å². The lowest BCUT2D eigenvalue weighted by Gasteiger charge is -2.36. The molecule has 5 aromatic rings. The monoisotopic (exact) mass is 949 g/mol. The number of nitrogens with two attached hydrogens (primary N) is 1. The summed E-state index contributed by atoms with van der Waals surface area (Å²) < 4.78 is 85.4. The van der Waals surface area contributed by atoms with Gasteiger partial charge in [-0.25, -0.2) is 31.6 Å². The number of allylic oxidation sites excluding steroid dienone is 4. The molecule has 350 valence electrons. The Labute approximate surface area is 389 Å². The minimum atomic E-state index is -4.90. The van der Waals surface area contributed by atoms with E-state index in [-0.39, 0.29) is 49.8 Å². The smallest absolute Gasteiger partial charge is 0.407 e. The third kappa shape index (κ3) is 10.1. The number of hydrogen-bond donors (Lipinski definition) is 2. The van der Waals surface area contributed by atoms with Crippen LogP contribution in [0.4, 0.5) is 4.79 Å². The van der Waals surface area contributed by atoms with Crippen molar-refractivity contribution in [2.24, 2.45) is 15.7 Å². The molecule has 0 bridgehead atoms. The van der Waals surface area contributed by atoms with E-state index in [1.54, 1.807) is 113 Å². The Kier molecular flexibility index (Phi) is 13.1. The van der Waals surface area contributed by atoms with E-state index >= 15 is 16.8 Å². The van der Waals surface area contributed by atoms with Gasteiger partial charge in [0.05, 0.1) is 49.4 Å². The largest absolute Gasteiger partial charge is 0.497 e. The molecule has 1 atom stereocenters. The summed E-state index contributed by atoms with van der Waals surface area (Å²) in [6.45, 7) is 4.95. The van der Waals surface area contributed by atoms with Crippen LogP contribution in [0.5, 0.6) is 17.2 Å². The number of sulfonamides is 1. The molecule has 2 aliphatic carbocycles. The van der Waals surface area contributed by atoms with Crippen molar-refractivity contribution in [1.82, 2.24) is 29.8 Å². The highest BCUT2D eigenvalue weighted by Crippen LogP contribution is 2.45. The molecule has 8 rings (SSSR count). The first-order valence-electron chi connectivity index (χ1n) is 21.3. The number of nitrogens with zero attached hydrogens (tertiary/aromatic N) is 7. The van der Waals surface area contributed by atoms with Gasteiger partial charge >= 0.3 is 6.09 Å². The number of nitrogens with one attached hydrogen (secondary N) is 1. The van der Waals surface area contributed by atoms with Crippen molar-refractivity contribution in [3.63, 3.8) is 0 Å². The van der Waals surface area contributed by atoms with Crippen LogP contribution in [0.1, 0.15) is 61.8 Å². The van der Waals surface area contributed by atoms with E-state index in [0.717, 1.165) is 5.56 Å². The number of rotatable bonds is 16. The maximum Gasteiger partial charge on any atom is 0.407 e. The lowest BCUT2D eigenvalue weighted by Crippen LogP contribution is -2.51. The molecule has 0 radical (unpaired) electrons. The fraction of sp³-hybridized carbons (Fsp3) is 0.319. The standard InChI is InChI=1S/C47H51N9O9S2/c1-47(2,3)65-46(57)49-32-24-36(25-32)66(58,59)40-23-22-37(38-8-7-9-39-42(38)51-45(48)50-39)41(44-52-54-56(53-44)28-31-14-20-35(64-6)21-15-31)43(40)67(60,61)55(26-29-10-16-33(62-4)17-11-29)27-30-12-18-34(63-5)19-13-30/h7-23,32,36,38H,24-28H2,1-6H3,(H2,48,50)(H,49,57). The number of benzene rings is 4. The van der Waals surface area contributed by atoms with Crippen LogP contribution in [0.2, 0.25) is 0 Å². The van der Waals surface area contributed by atoms with Gasteiger partial charge in [0.1, 0.15) is 27.7 Å². The Bertz CT molecular complexity index is 2960. The minimum absolute atomic E-state index is 0.00277. The predicted octanol–water partition coefficient (Wildman–Crippen LogP) is 5.94. The molecule has 1 saturated carbocycles. The van der Waals surface area contributed by atoms with Crippen LogP contribution in [0.25, 0.3) is 11.4 Å². The number of hydrogen-bond acceptors (Lipinski definition) is 15. The topological polar surface area (TPSA) is 232 Å². The highest BCUT2D eigenvalue weighted by atomic mass is 32.2. The van der Waals surface area contributed by atoms with E-state index in [4.69, 9.17) is 29.8 Å². The molecule has 4 aromatic carbocycles. The number of ether oxygens (including phenoxy) is 4. The van der Waals surface area contributed by atoms with Gasteiger partial charge < -0.3 is 30.0 Å². The molecule has 1 unspecified atom stereocenters. The van der Waals surface area contributed by atoms with Gasteiger partial charge in [0.2, 0.25) is 21.8 Å². The molecule has 0 spiro atoms. The van der Waals surface area contributed by atoms with Gasteiger partial charge in [-0.05, 0) is 110 Å². The maximum atomic E-state index is 16.1. The fourth-order valence-electron chi connectivity index (χ4n) is 8.01. The van der Waals surface area contributed by atoms with Gasteiger partial charge in [0.25, 0.3) is 0 Å². The predicted molar refractivity (Wildman–Crippen MR) is 250 cm³/mol. The van der Waals surface area contributed by atoms with Crippen LogP contribution in [0, 0.1) is 0 Å². The lowest BCUT2D eigenvalue weighted by molar-refractivity contribution is 0.0480. The zero-order valence-corrected chi connectivity index (χ0v) is 39.4. The molecule has 3 aliphatic rings. The van der Waals surface area contributed by atoms with Crippen LogP contribution in [-0.2, 0) is 44.2 Å². The van der Waals surface area contributed by atoms with Crippen molar-refractivity contribution in [2.45, 2.75) is 85.8 Å². The summed E-state index contributed by atoms with van der Waals surface area (Å²) in [5, 5.41) is 15.2. The summed E-state index contributed by atoms with van der Waals surface area (Å²) in [6, 6.07) is 23.4. The number of alkyl carbamates (subject to hydrolysis) is 1. The van der Waals surface area contributed by atoms with Crippen LogP contribution >= 0.6 is 0 Å². The summed E-state index contributed by atoms with van der Waals surface area (Å²) in [5.74, 6) is 0.860. The summed E-state index contributed by atoms with van der Waals surface area (Å²) in [7, 11) is -4.78. The molecule has 1 aliphatic heterocycles. The molecule has 1 fully saturated rings. The highest BCUT2D eigenvalue weighted by Gasteiger charge is 2.46. The Morgan fingerprint density at radius 3 is 1.93 bits per heavy atom. The third-order valence-electron chi connectivity index (χ3n) is 11.4. The Hall–Kier alpha value is -6.90. The second-order valence-electron chi connectivity index (χ2n) is 17.2. The van der Waals surface area contributed by atoms with E-state index in [2.05, 4.69) is 25.6 Å². The van der Waals surface area contributed by atoms with E-state index < -0.39 is 58.6 Å². The first kappa shape index (κ1) is 46.6. The number of tetrazole rings is 1. The van der Waals surface area contributed by atoms with E-state index in [0.29, 0.717) is 45.3 Å². The number of carbonyl (C=O) groups is 1. The van der Waals surface area contributed by atoms with Crippen molar-refractivity contribution in [3.05, 3.63) is 131 Å². The number of sulfone groups is 1. The zero-order chi connectivity index (χ0) is 47.7. The molecule has 18 nitrogen and oxygen atoms in total. The number of aromatic nitrogens is 4.